The van der Waals surface area contributed by atoms with Gasteiger partial charge in [0.25, 0.3) is 5.91 Å². The predicted octanol–water partition coefficient (Wildman–Crippen LogP) is -9.32. The van der Waals surface area contributed by atoms with Crippen molar-refractivity contribution in [3.63, 3.8) is 0 Å². The highest BCUT2D eigenvalue weighted by Crippen LogP contribution is 2.33. The Labute approximate surface area is 345 Å². The van der Waals surface area contributed by atoms with Crippen LogP contribution in [0.2, 0.25) is 0 Å². The number of carboxylic acid groups (broad SMARTS) is 1. The molecular formula is C35H54N6O20+2. The van der Waals surface area contributed by atoms with Crippen molar-refractivity contribution in [2.45, 2.75) is 104 Å². The van der Waals surface area contributed by atoms with Crippen LogP contribution < -0.4 is 22.3 Å². The monoisotopic (exact) mass is 878 g/mol. The topological polar surface area (TPSA) is 426 Å². The van der Waals surface area contributed by atoms with Crippen LogP contribution in [-0.2, 0) is 42.7 Å². The van der Waals surface area contributed by atoms with Crippen molar-refractivity contribution in [2.75, 3.05) is 38.5 Å². The molecule has 4 fully saturated rings. The van der Waals surface area contributed by atoms with E-state index in [0.29, 0.717) is 10.8 Å². The van der Waals surface area contributed by atoms with E-state index in [1.165, 1.54) is 6.20 Å². The summed E-state index contributed by atoms with van der Waals surface area (Å²) in [5, 5.41) is 124. The van der Waals surface area contributed by atoms with Crippen LogP contribution in [0.25, 0.3) is 10.8 Å². The molecule has 26 nitrogen and oxygen atoms in total. The number of aliphatic hydroxyl groups is 10. The number of aliphatic carboxylic acids is 1. The zero-order chi connectivity index (χ0) is 44.3. The average molecular weight is 879 g/mol. The summed E-state index contributed by atoms with van der Waals surface area (Å²) >= 11 is 0. The van der Waals surface area contributed by atoms with Gasteiger partial charge in [0.1, 0.15) is 54.8 Å². The van der Waals surface area contributed by atoms with Gasteiger partial charge in [-0.15, -0.1) is 5.10 Å². The van der Waals surface area contributed by atoms with E-state index in [-0.39, 0.29) is 5.82 Å². The molecule has 1 amide bonds. The highest BCUT2D eigenvalue weighted by Gasteiger charge is 2.53. The van der Waals surface area contributed by atoms with E-state index in [1.54, 1.807) is 24.3 Å². The molecule has 6 rings (SSSR count). The first kappa shape index (κ1) is 47.0. The maximum absolute atomic E-state index is 13.9. The molecule has 1 aromatic carbocycles. The maximum Gasteiger partial charge on any atom is 0.335 e. The zero-order valence-corrected chi connectivity index (χ0v) is 32.4. The number of carbonyl (C=O) groups excluding carboxylic acids is 1. The van der Waals surface area contributed by atoms with Gasteiger partial charge in [0.2, 0.25) is 12.6 Å². The number of hydrogen-bond acceptors (Lipinski definition) is 22. The van der Waals surface area contributed by atoms with E-state index in [1.807, 2.05) is 0 Å². The molecule has 0 saturated carbocycles. The van der Waals surface area contributed by atoms with Gasteiger partial charge in [-0.05, 0) is 0 Å². The number of benzene rings is 1. The number of fused-ring (bicyclic) bond motifs is 1. The Kier molecular flexibility index (Phi) is 15.7. The second-order valence-corrected chi connectivity index (χ2v) is 15.3. The summed E-state index contributed by atoms with van der Waals surface area (Å²) in [7, 11) is 0. The minimum absolute atomic E-state index is 0.142. The normalized spacial score (nSPS) is 41.9. The Morgan fingerprint density at radius 2 is 1.21 bits per heavy atom. The summed E-state index contributed by atoms with van der Waals surface area (Å²) in [6.07, 6.45) is -23.6. The van der Waals surface area contributed by atoms with E-state index in [4.69, 9.17) is 33.2 Å². The van der Waals surface area contributed by atoms with Crippen molar-refractivity contribution in [1.82, 2.24) is 15.6 Å². The number of hydrogen-bond donors (Lipinski definition) is 15. The molecule has 4 aliphatic heterocycles. The van der Waals surface area contributed by atoms with E-state index >= 15 is 0 Å². The predicted molar refractivity (Wildman–Crippen MR) is 194 cm³/mol. The van der Waals surface area contributed by atoms with Crippen LogP contribution in [0, 0.1) is 17.8 Å². The molecule has 5 heterocycles. The molecule has 0 bridgehead atoms. The van der Waals surface area contributed by atoms with Gasteiger partial charge in [0, 0.05) is 16.7 Å². The Morgan fingerprint density at radius 1 is 0.656 bits per heavy atom. The van der Waals surface area contributed by atoms with Gasteiger partial charge in [0.15, 0.2) is 24.5 Å². The van der Waals surface area contributed by atoms with Gasteiger partial charge in [-0.3, -0.25) is 15.6 Å². The molecule has 2 aromatic rings. The van der Waals surface area contributed by atoms with Crippen LogP contribution in [0.5, 0.6) is 0 Å². The highest BCUT2D eigenvalue weighted by molar-refractivity contribution is 5.92. The van der Waals surface area contributed by atoms with Gasteiger partial charge >= 0.3 is 5.97 Å². The fourth-order valence-electron chi connectivity index (χ4n) is 7.71. The summed E-state index contributed by atoms with van der Waals surface area (Å²) in [5.74, 6) is -5.92. The lowest BCUT2D eigenvalue weighted by Gasteiger charge is -2.45. The van der Waals surface area contributed by atoms with Crippen LogP contribution in [0.1, 0.15) is 0 Å². The van der Waals surface area contributed by atoms with Crippen LogP contribution >= 0.6 is 0 Å². The minimum Gasteiger partial charge on any atom is -0.479 e. The first-order chi connectivity index (χ1) is 29.1. The highest BCUT2D eigenvalue weighted by atomic mass is 16.7. The van der Waals surface area contributed by atoms with Crippen LogP contribution in [-0.4, -0.2) is 216 Å². The van der Waals surface area contributed by atoms with E-state index in [2.05, 4.69) is 32.5 Å². The lowest BCUT2D eigenvalue weighted by molar-refractivity contribution is -0.501. The van der Waals surface area contributed by atoms with E-state index < -0.39 is 167 Å². The molecule has 0 aliphatic carbocycles. The number of nitrogens with zero attached hydrogens (tertiary/aromatic N) is 2. The second-order valence-electron chi connectivity index (χ2n) is 15.3. The summed E-state index contributed by atoms with van der Waals surface area (Å²) in [4.78, 5) is 25.5. The van der Waals surface area contributed by atoms with Gasteiger partial charge in [-0.25, -0.2) is 4.79 Å². The number of nitrogens with one attached hydrogen (secondary N) is 2. The number of aliphatic hydroxyl groups excluding tert-OH is 10. The largest absolute Gasteiger partial charge is 0.479 e. The van der Waals surface area contributed by atoms with E-state index in [9.17, 15) is 65.8 Å². The smallest absolute Gasteiger partial charge is 0.335 e. The third kappa shape index (κ3) is 10.0. The summed E-state index contributed by atoms with van der Waals surface area (Å²) < 4.78 is 39.4. The quantitative estimate of drug-likeness (QED) is 0.0739. The minimum atomic E-state index is -1.99. The third-order valence-corrected chi connectivity index (χ3v) is 11.5. The number of hydrazine groups is 1. The van der Waals surface area contributed by atoms with E-state index in [0.717, 1.165) is 0 Å². The maximum atomic E-state index is 13.9. The molecule has 61 heavy (non-hydrogen) atoms. The molecule has 4 aliphatic rings. The lowest BCUT2D eigenvalue weighted by Crippen LogP contribution is -2.77. The number of carboxylic acids is 1. The molecule has 20 atom stereocenters. The standard InChI is InChI=1S/C35H52N6O20/c36-18-13(20(44)16(6-42)58-32(18)54)8-56-34-25(49)22(46)15(27(60-34)30(51)41-40-29-12-4-2-1-3-11(12)5-38-39-29)10-55-33-19(37)14(21(45)17(7-43)59-33)9-57-35-26(50)23(47)24(48)28(61-35)31(52)53/h1-5,13-28,32-35,42-50,54H,6-10,36-37H2,(H,39,40)(H,41,51)(H,52,53)/p+2/t13-,14-,15-,16?,17?,18?,19?,20-,21-,22+,23+,24-,25?,26?,27?,28?,32+,33+,34+,35+/m0/s1. The number of quaternary nitrogens is 2. The molecule has 8 unspecified atom stereocenters. The number of rotatable bonds is 15. The second kappa shape index (κ2) is 20.4. The third-order valence-electron chi connectivity index (χ3n) is 11.5. The molecule has 4 saturated heterocycles. The Morgan fingerprint density at radius 3 is 1.85 bits per heavy atom. The van der Waals surface area contributed by atoms with Crippen molar-refractivity contribution in [3.05, 3.63) is 30.5 Å². The van der Waals surface area contributed by atoms with Crippen molar-refractivity contribution in [3.8, 4) is 0 Å². The summed E-state index contributed by atoms with van der Waals surface area (Å²) in [6.45, 7) is -3.02. The van der Waals surface area contributed by atoms with Crippen molar-refractivity contribution in [1.29, 1.82) is 0 Å². The van der Waals surface area contributed by atoms with Crippen LogP contribution in [0.15, 0.2) is 30.5 Å². The number of ether oxygens (including phenoxy) is 7. The molecule has 1 aromatic heterocycles. The Bertz CT molecular complexity index is 1770. The van der Waals surface area contributed by atoms with Gasteiger partial charge in [0.05, 0.1) is 69.4 Å². The number of anilines is 1. The molecule has 26 heteroatoms. The molecule has 0 spiro atoms. The number of carbonyl (C=O) groups is 2. The first-order valence-electron chi connectivity index (χ1n) is 19.4. The van der Waals surface area contributed by atoms with Crippen molar-refractivity contribution >= 4 is 28.5 Å². The lowest BCUT2D eigenvalue weighted by atomic mass is 9.87. The molecule has 342 valence electrons. The fraction of sp³-hybridized carbons (Fsp3) is 0.714. The van der Waals surface area contributed by atoms with Gasteiger partial charge in [-0.1, -0.05) is 24.3 Å². The molecular weight excluding hydrogens is 824 g/mol. The first-order valence-corrected chi connectivity index (χ1v) is 19.4. The number of amides is 1. The Balaban J connectivity index is 1.18. The molecule has 19 N–H and O–H groups in total. The number of aromatic nitrogens is 2. The van der Waals surface area contributed by atoms with Crippen LogP contribution in [0.3, 0.4) is 0 Å². The van der Waals surface area contributed by atoms with Crippen molar-refractivity contribution < 1.29 is 110 Å². The molecule has 0 radical (unpaired) electrons. The van der Waals surface area contributed by atoms with Crippen LogP contribution in [0.4, 0.5) is 5.82 Å². The SMILES string of the molecule is [NH3+]C1[C@H](OC[C@@H]2C(C(=O)NNc3nncc4ccccc34)O[C@@H](OC[C@H]3C([NH3+])[C@H](O)OC(CO)[C@H]3O)C(O)[C@@H]2O)OC(CO)[C@@H](O)[C@H]1CO[C@@H]1OC(C(=O)O)[C@@H](O)[C@@H](O)C1O. The summed E-state index contributed by atoms with van der Waals surface area (Å²) in [6, 6.07) is 4.92. The van der Waals surface area contributed by atoms with Crippen molar-refractivity contribution in [2.24, 2.45) is 17.8 Å². The van der Waals surface area contributed by atoms with Gasteiger partial charge < -0.3 is 101 Å². The summed E-state index contributed by atoms with van der Waals surface area (Å²) in [5.41, 5.74) is 12.9. The van der Waals surface area contributed by atoms with Gasteiger partial charge in [-0.2, -0.15) is 5.10 Å². The average Bonchev–Trinajstić information content (AvgIpc) is 3.25. The Hall–Kier alpha value is -3.46. The fourth-order valence-corrected chi connectivity index (χ4v) is 7.71. The zero-order valence-electron chi connectivity index (χ0n) is 32.4.